The van der Waals surface area contributed by atoms with Crippen molar-refractivity contribution in [3.63, 3.8) is 0 Å². The molecule has 0 aliphatic heterocycles. The third kappa shape index (κ3) is 2.16. The topological polar surface area (TPSA) is 23.6 Å². The van der Waals surface area contributed by atoms with Crippen molar-refractivity contribution in [1.29, 1.82) is 0 Å². The van der Waals surface area contributed by atoms with Crippen LogP contribution in [0.2, 0.25) is 0 Å². The summed E-state index contributed by atoms with van der Waals surface area (Å²) in [6.45, 7) is 3.60. The van der Waals surface area contributed by atoms with Crippen molar-refractivity contribution in [1.82, 2.24) is 5.01 Å². The van der Waals surface area contributed by atoms with E-state index in [1.165, 1.54) is 28.3 Å². The van der Waals surface area contributed by atoms with E-state index >= 15 is 0 Å². The lowest BCUT2D eigenvalue weighted by Gasteiger charge is -2.29. The summed E-state index contributed by atoms with van der Waals surface area (Å²) in [6.07, 6.45) is 2.21. The summed E-state index contributed by atoms with van der Waals surface area (Å²) in [4.78, 5) is 12.2. The van der Waals surface area contributed by atoms with Crippen molar-refractivity contribution >= 4 is 11.6 Å². The van der Waals surface area contributed by atoms with Crippen LogP contribution in [0.3, 0.4) is 0 Å². The standard InChI is InChI=1S/C18H18N2O/c1-4-18(21)20(19(2)3)17-11-7-10-15-14-9-6-5-8-13(14)12-16(15)17/h4-11H,1,12H2,2-3H3. The van der Waals surface area contributed by atoms with Crippen LogP contribution in [0, 0.1) is 0 Å². The Balaban J connectivity index is 2.15. The fourth-order valence-corrected chi connectivity index (χ4v) is 2.96. The SMILES string of the molecule is C=CC(=O)N(c1cccc2c1Cc1ccccc1-2)N(C)C. The minimum atomic E-state index is -0.121. The molecule has 0 aromatic heterocycles. The number of benzene rings is 2. The van der Waals surface area contributed by atoms with Gasteiger partial charge in [-0.15, -0.1) is 0 Å². The summed E-state index contributed by atoms with van der Waals surface area (Å²) in [7, 11) is 3.73. The van der Waals surface area contributed by atoms with Gasteiger partial charge in [0.1, 0.15) is 0 Å². The minimum absolute atomic E-state index is 0.121. The maximum Gasteiger partial charge on any atom is 0.264 e. The lowest BCUT2D eigenvalue weighted by atomic mass is 10.0. The second-order valence-electron chi connectivity index (χ2n) is 5.34. The molecule has 0 radical (unpaired) electrons. The molecule has 3 nitrogen and oxygen atoms in total. The maximum absolute atomic E-state index is 12.2. The molecule has 2 aromatic carbocycles. The number of carbonyl (C=O) groups is 1. The molecule has 0 saturated heterocycles. The molecule has 21 heavy (non-hydrogen) atoms. The van der Waals surface area contributed by atoms with E-state index in [-0.39, 0.29) is 5.91 Å². The van der Waals surface area contributed by atoms with E-state index in [1.807, 2.05) is 26.2 Å². The van der Waals surface area contributed by atoms with Crippen LogP contribution in [0.4, 0.5) is 5.69 Å². The predicted octanol–water partition coefficient (Wildman–Crippen LogP) is 3.25. The van der Waals surface area contributed by atoms with E-state index in [4.69, 9.17) is 0 Å². The van der Waals surface area contributed by atoms with E-state index in [2.05, 4.69) is 36.9 Å². The van der Waals surface area contributed by atoms with Gasteiger partial charge in [0.05, 0.1) is 5.69 Å². The zero-order valence-corrected chi connectivity index (χ0v) is 12.3. The van der Waals surface area contributed by atoms with Gasteiger partial charge in [-0.3, -0.25) is 4.79 Å². The number of rotatable bonds is 3. The molecule has 0 heterocycles. The van der Waals surface area contributed by atoms with Crippen LogP contribution >= 0.6 is 0 Å². The molecule has 0 fully saturated rings. The van der Waals surface area contributed by atoms with E-state index < -0.39 is 0 Å². The van der Waals surface area contributed by atoms with Gasteiger partial charge < -0.3 is 0 Å². The predicted molar refractivity (Wildman–Crippen MR) is 86.1 cm³/mol. The molecule has 0 spiro atoms. The lowest BCUT2D eigenvalue weighted by molar-refractivity contribution is -0.116. The first-order valence-corrected chi connectivity index (χ1v) is 6.97. The Labute approximate surface area is 125 Å². The Morgan fingerprint density at radius 2 is 1.81 bits per heavy atom. The fourth-order valence-electron chi connectivity index (χ4n) is 2.96. The Morgan fingerprint density at radius 3 is 2.52 bits per heavy atom. The first-order valence-electron chi connectivity index (χ1n) is 6.97. The van der Waals surface area contributed by atoms with Crippen LogP contribution in [-0.4, -0.2) is 25.0 Å². The van der Waals surface area contributed by atoms with Crippen LogP contribution in [0.5, 0.6) is 0 Å². The average molecular weight is 278 g/mol. The Bertz CT molecular complexity index is 719. The molecule has 0 N–H and O–H groups in total. The summed E-state index contributed by atoms with van der Waals surface area (Å²) in [5.41, 5.74) is 5.91. The highest BCUT2D eigenvalue weighted by molar-refractivity contribution is 6.02. The number of hydrogen-bond donors (Lipinski definition) is 0. The third-order valence-corrected chi connectivity index (χ3v) is 3.84. The van der Waals surface area contributed by atoms with E-state index in [1.54, 1.807) is 10.0 Å². The smallest absolute Gasteiger partial charge is 0.264 e. The van der Waals surface area contributed by atoms with Crippen LogP contribution in [0.1, 0.15) is 11.1 Å². The lowest BCUT2D eigenvalue weighted by Crippen LogP contribution is -2.41. The zero-order chi connectivity index (χ0) is 15.0. The number of amides is 1. The van der Waals surface area contributed by atoms with Gasteiger partial charge in [-0.2, -0.15) is 0 Å². The molecule has 0 bridgehead atoms. The number of fused-ring (bicyclic) bond motifs is 3. The second-order valence-corrected chi connectivity index (χ2v) is 5.34. The van der Waals surface area contributed by atoms with Crippen molar-refractivity contribution in [3.8, 4) is 11.1 Å². The van der Waals surface area contributed by atoms with E-state index in [0.717, 1.165) is 12.1 Å². The molecule has 1 amide bonds. The normalized spacial score (nSPS) is 12.0. The summed E-state index contributed by atoms with van der Waals surface area (Å²) in [5, 5.41) is 3.46. The monoisotopic (exact) mass is 278 g/mol. The van der Waals surface area contributed by atoms with Gasteiger partial charge in [-0.1, -0.05) is 43.0 Å². The van der Waals surface area contributed by atoms with Crippen LogP contribution in [0.15, 0.2) is 55.1 Å². The molecule has 1 aliphatic rings. The fraction of sp³-hybridized carbons (Fsp3) is 0.167. The molecule has 3 rings (SSSR count). The van der Waals surface area contributed by atoms with Crippen molar-refractivity contribution < 1.29 is 4.79 Å². The Kier molecular flexibility index (Phi) is 3.35. The highest BCUT2D eigenvalue weighted by Crippen LogP contribution is 2.41. The van der Waals surface area contributed by atoms with Gasteiger partial charge in [-0.25, -0.2) is 10.0 Å². The molecule has 3 heteroatoms. The first-order chi connectivity index (χ1) is 10.1. The summed E-state index contributed by atoms with van der Waals surface area (Å²) in [5.74, 6) is -0.121. The molecule has 106 valence electrons. The van der Waals surface area contributed by atoms with Gasteiger partial charge in [0.2, 0.25) is 0 Å². The van der Waals surface area contributed by atoms with Crippen molar-refractivity contribution in [3.05, 3.63) is 66.2 Å². The number of anilines is 1. The first kappa shape index (κ1) is 13.6. The minimum Gasteiger partial charge on any atom is -0.268 e. The van der Waals surface area contributed by atoms with Crippen molar-refractivity contribution in [2.75, 3.05) is 19.1 Å². The summed E-state index contributed by atoms with van der Waals surface area (Å²) < 4.78 is 0. The largest absolute Gasteiger partial charge is 0.268 e. The maximum atomic E-state index is 12.2. The molecule has 1 aliphatic carbocycles. The van der Waals surface area contributed by atoms with Gasteiger partial charge in [0.25, 0.3) is 5.91 Å². The van der Waals surface area contributed by atoms with Crippen molar-refractivity contribution in [2.45, 2.75) is 6.42 Å². The Hall–Kier alpha value is -2.39. The van der Waals surface area contributed by atoms with Crippen LogP contribution in [-0.2, 0) is 11.2 Å². The summed E-state index contributed by atoms with van der Waals surface area (Å²) in [6, 6.07) is 14.5. The third-order valence-electron chi connectivity index (χ3n) is 3.84. The van der Waals surface area contributed by atoms with Gasteiger partial charge in [-0.05, 0) is 34.4 Å². The average Bonchev–Trinajstić information content (AvgIpc) is 2.86. The van der Waals surface area contributed by atoms with Crippen LogP contribution < -0.4 is 5.01 Å². The van der Waals surface area contributed by atoms with Crippen molar-refractivity contribution in [2.24, 2.45) is 0 Å². The molecular weight excluding hydrogens is 260 g/mol. The second kappa shape index (κ2) is 5.19. The highest BCUT2D eigenvalue weighted by Gasteiger charge is 2.25. The number of nitrogens with zero attached hydrogens (tertiary/aromatic N) is 2. The number of carbonyl (C=O) groups excluding carboxylic acids is 1. The Morgan fingerprint density at radius 1 is 1.10 bits per heavy atom. The van der Waals surface area contributed by atoms with E-state index in [9.17, 15) is 4.79 Å². The molecule has 0 saturated carbocycles. The van der Waals surface area contributed by atoms with Gasteiger partial charge >= 0.3 is 0 Å². The summed E-state index contributed by atoms with van der Waals surface area (Å²) >= 11 is 0. The number of hydrogen-bond acceptors (Lipinski definition) is 2. The van der Waals surface area contributed by atoms with Crippen LogP contribution in [0.25, 0.3) is 11.1 Å². The van der Waals surface area contributed by atoms with Gasteiger partial charge in [0.15, 0.2) is 0 Å². The molecular formula is C18H18N2O. The molecule has 0 unspecified atom stereocenters. The van der Waals surface area contributed by atoms with Gasteiger partial charge in [0, 0.05) is 20.5 Å². The quantitative estimate of drug-likeness (QED) is 0.542. The molecule has 0 atom stereocenters. The van der Waals surface area contributed by atoms with E-state index in [0.29, 0.717) is 0 Å². The molecule has 2 aromatic rings. The highest BCUT2D eigenvalue weighted by atomic mass is 16.2. The zero-order valence-electron chi connectivity index (χ0n) is 12.3. The number of hydrazine groups is 1.